The van der Waals surface area contributed by atoms with Crippen molar-refractivity contribution in [3.8, 4) is 0 Å². The van der Waals surface area contributed by atoms with Crippen LogP contribution in [0.15, 0.2) is 85.1 Å². The summed E-state index contributed by atoms with van der Waals surface area (Å²) >= 11 is 0. The van der Waals surface area contributed by atoms with Crippen molar-refractivity contribution in [1.82, 2.24) is 5.32 Å². The van der Waals surface area contributed by atoms with Crippen molar-refractivity contribution in [2.75, 3.05) is 6.61 Å². The van der Waals surface area contributed by atoms with Crippen molar-refractivity contribution in [3.63, 3.8) is 0 Å². The molecule has 0 rings (SSSR count). The van der Waals surface area contributed by atoms with E-state index in [1.807, 2.05) is 54.7 Å². The van der Waals surface area contributed by atoms with E-state index in [0.717, 1.165) is 64.2 Å². The van der Waals surface area contributed by atoms with Gasteiger partial charge in [-0.15, -0.1) is 0 Å². The van der Waals surface area contributed by atoms with Crippen molar-refractivity contribution in [2.45, 2.75) is 219 Å². The van der Waals surface area contributed by atoms with Crippen LogP contribution in [0.2, 0.25) is 0 Å². The lowest BCUT2D eigenvalue weighted by molar-refractivity contribution is -0.151. The number of carbonyl (C=O) groups is 2. The van der Waals surface area contributed by atoms with Gasteiger partial charge in [-0.2, -0.15) is 0 Å². The fourth-order valence-electron chi connectivity index (χ4n) is 6.57. The average molecular weight is 794 g/mol. The van der Waals surface area contributed by atoms with E-state index in [9.17, 15) is 19.8 Å². The predicted molar refractivity (Wildman–Crippen MR) is 245 cm³/mol. The number of amides is 1. The van der Waals surface area contributed by atoms with E-state index in [4.69, 9.17) is 4.74 Å². The number of aliphatic hydroxyl groups is 2. The Kier molecular flexibility index (Phi) is 41.9. The smallest absolute Gasteiger partial charge is 0.306 e. The van der Waals surface area contributed by atoms with Crippen molar-refractivity contribution in [1.29, 1.82) is 0 Å². The summed E-state index contributed by atoms with van der Waals surface area (Å²) in [5.41, 5.74) is 0. The van der Waals surface area contributed by atoms with E-state index in [-0.39, 0.29) is 31.3 Å². The quantitative estimate of drug-likeness (QED) is 0.0326. The van der Waals surface area contributed by atoms with Crippen LogP contribution >= 0.6 is 0 Å². The number of aliphatic hydroxyl groups excluding tert-OH is 2. The highest BCUT2D eigenvalue weighted by molar-refractivity contribution is 5.77. The Labute approximate surface area is 351 Å². The molecule has 0 bridgehead atoms. The molecule has 0 aromatic carbocycles. The Morgan fingerprint density at radius 3 is 1.47 bits per heavy atom. The lowest BCUT2D eigenvalue weighted by atomic mass is 10.0. The third-order valence-electron chi connectivity index (χ3n) is 10.1. The number of allylic oxidation sites excluding steroid dienone is 14. The molecule has 0 aliphatic heterocycles. The Hall–Kier alpha value is -2.96. The summed E-state index contributed by atoms with van der Waals surface area (Å²) in [6.07, 6.45) is 56.5. The Bertz CT molecular complexity index is 1120. The van der Waals surface area contributed by atoms with Gasteiger partial charge in [0.05, 0.1) is 25.2 Å². The topological polar surface area (TPSA) is 95.9 Å². The van der Waals surface area contributed by atoms with Crippen LogP contribution in [0.4, 0.5) is 0 Å². The summed E-state index contributed by atoms with van der Waals surface area (Å²) in [5.74, 6) is -0.597. The first kappa shape index (κ1) is 54.0. The highest BCUT2D eigenvalue weighted by Gasteiger charge is 2.24. The van der Waals surface area contributed by atoms with E-state index in [2.05, 4.69) is 56.5 Å². The third kappa shape index (κ3) is 39.6. The second-order valence-electron chi connectivity index (χ2n) is 15.6. The van der Waals surface area contributed by atoms with Gasteiger partial charge in [-0.1, -0.05) is 209 Å². The zero-order valence-electron chi connectivity index (χ0n) is 36.9. The predicted octanol–water partition coefficient (Wildman–Crippen LogP) is 13.6. The molecule has 1 amide bonds. The zero-order valence-corrected chi connectivity index (χ0v) is 36.9. The van der Waals surface area contributed by atoms with Crippen LogP contribution in [0, 0.1) is 0 Å². The molecule has 0 aliphatic rings. The summed E-state index contributed by atoms with van der Waals surface area (Å²) in [6, 6.07) is -0.727. The number of unbranched alkanes of at least 4 members (excludes halogenated alkanes) is 19. The normalized spacial score (nSPS) is 14.1. The number of carbonyl (C=O) groups excluding carboxylic acids is 2. The number of ether oxygens (including phenoxy) is 1. The van der Waals surface area contributed by atoms with Crippen molar-refractivity contribution >= 4 is 11.9 Å². The van der Waals surface area contributed by atoms with Gasteiger partial charge in [0.1, 0.15) is 6.10 Å². The van der Waals surface area contributed by atoms with Gasteiger partial charge in [-0.3, -0.25) is 9.59 Å². The summed E-state index contributed by atoms with van der Waals surface area (Å²) < 4.78 is 5.86. The molecule has 0 spiro atoms. The maximum Gasteiger partial charge on any atom is 0.306 e. The van der Waals surface area contributed by atoms with Crippen LogP contribution in [-0.2, 0) is 14.3 Å². The second kappa shape index (κ2) is 44.1. The molecule has 3 unspecified atom stereocenters. The minimum atomic E-state index is -0.809. The molecule has 0 fully saturated rings. The van der Waals surface area contributed by atoms with E-state index in [1.165, 1.54) is 83.5 Å². The average Bonchev–Trinajstić information content (AvgIpc) is 3.20. The molecule has 0 saturated carbocycles. The zero-order chi connectivity index (χ0) is 41.7. The Balaban J connectivity index is 4.79. The monoisotopic (exact) mass is 794 g/mol. The van der Waals surface area contributed by atoms with E-state index >= 15 is 0 Å². The van der Waals surface area contributed by atoms with Crippen LogP contribution in [0.5, 0.6) is 0 Å². The number of nitrogens with one attached hydrogen (secondary N) is 1. The first-order valence-corrected chi connectivity index (χ1v) is 23.4. The van der Waals surface area contributed by atoms with Crippen molar-refractivity contribution in [2.24, 2.45) is 0 Å². The van der Waals surface area contributed by atoms with Gasteiger partial charge < -0.3 is 20.3 Å². The summed E-state index contributed by atoms with van der Waals surface area (Å²) in [6.45, 7) is 6.27. The van der Waals surface area contributed by atoms with E-state index < -0.39 is 18.2 Å². The van der Waals surface area contributed by atoms with E-state index in [0.29, 0.717) is 19.3 Å². The minimum Gasteiger partial charge on any atom is -0.462 e. The van der Waals surface area contributed by atoms with Gasteiger partial charge in [-0.25, -0.2) is 0 Å². The summed E-state index contributed by atoms with van der Waals surface area (Å²) in [7, 11) is 0. The molecule has 0 heterocycles. The molecule has 0 aromatic rings. The number of hydrogen-bond donors (Lipinski definition) is 3. The van der Waals surface area contributed by atoms with Gasteiger partial charge in [0, 0.05) is 6.42 Å². The molecule has 3 N–H and O–H groups in total. The van der Waals surface area contributed by atoms with Crippen LogP contribution < -0.4 is 5.32 Å². The lowest BCUT2D eigenvalue weighted by Gasteiger charge is -2.24. The fraction of sp³-hybridized carbons (Fsp3) is 0.686. The van der Waals surface area contributed by atoms with Crippen LogP contribution in [-0.4, -0.2) is 46.9 Å². The maximum atomic E-state index is 13.1. The molecule has 326 valence electrons. The molecule has 57 heavy (non-hydrogen) atoms. The Morgan fingerprint density at radius 1 is 0.526 bits per heavy atom. The van der Waals surface area contributed by atoms with Gasteiger partial charge >= 0.3 is 5.97 Å². The van der Waals surface area contributed by atoms with Crippen molar-refractivity contribution < 1.29 is 24.5 Å². The van der Waals surface area contributed by atoms with Crippen LogP contribution in [0.3, 0.4) is 0 Å². The van der Waals surface area contributed by atoms with Gasteiger partial charge in [0.25, 0.3) is 0 Å². The first-order valence-electron chi connectivity index (χ1n) is 23.4. The second-order valence-corrected chi connectivity index (χ2v) is 15.6. The highest BCUT2D eigenvalue weighted by atomic mass is 16.5. The van der Waals surface area contributed by atoms with E-state index in [1.54, 1.807) is 0 Å². The van der Waals surface area contributed by atoms with Gasteiger partial charge in [0.15, 0.2) is 0 Å². The number of rotatable bonds is 40. The fourth-order valence-corrected chi connectivity index (χ4v) is 6.57. The third-order valence-corrected chi connectivity index (χ3v) is 10.1. The highest BCUT2D eigenvalue weighted by Crippen LogP contribution is 2.16. The first-order chi connectivity index (χ1) is 28.0. The standard InChI is InChI=1S/C51H87NO5/c1-4-7-10-13-16-19-21-23-24-25-27-28-31-33-36-39-42-47(57-51(56)44-41-38-35-32-29-26-22-20-17-14-11-8-5-2)45-50(55)52-48(46-53)49(54)43-40-37-34-30-18-15-12-9-6-3/h8,11,14,17,20,22,24-29,32,35,47-49,53-54H,4-7,9-10,12-13,15-16,18-19,21,23,30-31,33-34,36-46H2,1-3H3,(H,52,55)/b11-8+,17-14+,22-20-,25-24+,28-27+,29-26-,35-32+. The van der Waals surface area contributed by atoms with Crippen LogP contribution in [0.25, 0.3) is 0 Å². The molecule has 0 radical (unpaired) electrons. The SMILES string of the molecule is CC/C=C/C=C/C=C\C=C/C=C/CCCC(=O)OC(CCCCC/C=C/C=C/CCCCCCCCC)CC(=O)NC(CO)C(O)CCCCCCCCCCC. The summed E-state index contributed by atoms with van der Waals surface area (Å²) in [5, 5.41) is 23.6. The van der Waals surface area contributed by atoms with Crippen molar-refractivity contribution in [3.05, 3.63) is 85.1 Å². The Morgan fingerprint density at radius 2 is 0.947 bits per heavy atom. The maximum absolute atomic E-state index is 13.1. The van der Waals surface area contributed by atoms with Gasteiger partial charge in [-0.05, 0) is 64.2 Å². The van der Waals surface area contributed by atoms with Gasteiger partial charge in [0.2, 0.25) is 5.91 Å². The largest absolute Gasteiger partial charge is 0.462 e. The number of esters is 1. The molecule has 0 aromatic heterocycles. The minimum absolute atomic E-state index is 0.0265. The molecule has 3 atom stereocenters. The van der Waals surface area contributed by atoms with Crippen LogP contribution in [0.1, 0.15) is 201 Å². The molecule has 6 heteroatoms. The summed E-state index contributed by atoms with van der Waals surface area (Å²) in [4.78, 5) is 26.0. The molecule has 0 saturated heterocycles. The molecular weight excluding hydrogens is 707 g/mol. The molecule has 6 nitrogen and oxygen atoms in total. The lowest BCUT2D eigenvalue weighted by Crippen LogP contribution is -2.46. The molecule has 0 aliphatic carbocycles. The molecular formula is C51H87NO5. The number of hydrogen-bond acceptors (Lipinski definition) is 5.